The normalized spacial score (nSPS) is 39.1. The predicted octanol–water partition coefficient (Wildman–Crippen LogP) is 5.58. The minimum atomic E-state index is -1.45. The Bertz CT molecular complexity index is 1280. The molecule has 10 atom stereocenters. The molecule has 3 rings (SSSR count). The van der Waals surface area contributed by atoms with Crippen LogP contribution in [0.25, 0.3) is 0 Å². The van der Waals surface area contributed by atoms with Crippen molar-refractivity contribution < 1.29 is 38.1 Å². The number of esters is 1. The summed E-state index contributed by atoms with van der Waals surface area (Å²) in [5.74, 6) is -1.47. The number of hydrogen-bond acceptors (Lipinski definition) is 10. The van der Waals surface area contributed by atoms with Crippen LogP contribution in [-0.4, -0.2) is 95.3 Å². The van der Waals surface area contributed by atoms with Gasteiger partial charge in [-0.3, -0.25) is 4.79 Å². The number of Topliss-reactive ketones (excluding diaryl/α,β-unsaturated/α-hetero) is 1. The van der Waals surface area contributed by atoms with Gasteiger partial charge in [0, 0.05) is 48.9 Å². The molecule has 0 aliphatic carbocycles. The van der Waals surface area contributed by atoms with Crippen molar-refractivity contribution in [3.05, 3.63) is 42.0 Å². The molecule has 46 heavy (non-hydrogen) atoms. The van der Waals surface area contributed by atoms with Gasteiger partial charge >= 0.3 is 12.1 Å². The number of imidazole rings is 1. The minimum Gasteiger partial charge on any atom is -0.454 e. The van der Waals surface area contributed by atoms with Crippen LogP contribution in [0, 0.1) is 17.8 Å². The summed E-state index contributed by atoms with van der Waals surface area (Å²) in [6.45, 7) is 16.8. The van der Waals surface area contributed by atoms with Gasteiger partial charge in [0.25, 0.3) is 0 Å². The van der Waals surface area contributed by atoms with Crippen LogP contribution in [-0.2, 0) is 33.3 Å². The second-order valence-electron chi connectivity index (χ2n) is 13.8. The van der Waals surface area contributed by atoms with Gasteiger partial charge in [0.15, 0.2) is 17.7 Å². The Morgan fingerprint density at radius 2 is 1.80 bits per heavy atom. The second-order valence-corrected chi connectivity index (χ2v) is 13.8. The molecule has 0 unspecified atom stereocenters. The Labute approximate surface area is 274 Å². The molecule has 0 bridgehead atoms. The number of carbonyl (C=O) groups is 3. The van der Waals surface area contributed by atoms with Crippen LogP contribution in [0.1, 0.15) is 81.6 Å². The van der Waals surface area contributed by atoms with E-state index in [-0.39, 0.29) is 29.8 Å². The number of ether oxygens (including phenoxy) is 5. The lowest BCUT2D eigenvalue weighted by atomic mass is 9.79. The molecule has 1 aromatic heterocycles. The van der Waals surface area contributed by atoms with Gasteiger partial charge in [0.2, 0.25) is 0 Å². The molecule has 3 heterocycles. The maximum absolute atomic E-state index is 14.0. The lowest BCUT2D eigenvalue weighted by Gasteiger charge is -2.47. The Morgan fingerprint density at radius 1 is 1.13 bits per heavy atom. The lowest BCUT2D eigenvalue weighted by molar-refractivity contribution is -0.279. The van der Waals surface area contributed by atoms with Crippen LogP contribution in [0.5, 0.6) is 0 Å². The Kier molecular flexibility index (Phi) is 12.6. The van der Waals surface area contributed by atoms with Gasteiger partial charge in [-0.05, 0) is 79.6 Å². The van der Waals surface area contributed by atoms with E-state index in [1.165, 1.54) is 23.3 Å². The number of ketones is 1. The van der Waals surface area contributed by atoms with Crippen LogP contribution in [0.15, 0.2) is 42.0 Å². The van der Waals surface area contributed by atoms with Crippen molar-refractivity contribution in [2.45, 2.75) is 123 Å². The number of carbonyl (C=O) groups excluding carboxylic acids is 3. The molecule has 2 aliphatic rings. The van der Waals surface area contributed by atoms with Crippen molar-refractivity contribution in [1.29, 1.82) is 0 Å². The molecular formula is C35H55N3O8. The first kappa shape index (κ1) is 37.6. The number of rotatable bonds is 6. The van der Waals surface area contributed by atoms with Crippen molar-refractivity contribution in [3.8, 4) is 0 Å². The molecular weight excluding hydrogens is 590 g/mol. The molecule has 0 aromatic carbocycles. The first-order valence-electron chi connectivity index (χ1n) is 16.3. The van der Waals surface area contributed by atoms with Crippen LogP contribution in [0.2, 0.25) is 0 Å². The third-order valence-corrected chi connectivity index (χ3v) is 9.63. The van der Waals surface area contributed by atoms with E-state index < -0.39 is 47.7 Å². The summed E-state index contributed by atoms with van der Waals surface area (Å²) in [6.07, 6.45) is 6.49. The molecule has 2 aliphatic heterocycles. The van der Waals surface area contributed by atoms with Crippen LogP contribution in [0.4, 0.5) is 4.79 Å². The number of nitrogens with zero attached hydrogens (tertiary/aromatic N) is 3. The summed E-state index contributed by atoms with van der Waals surface area (Å²) in [4.78, 5) is 46.7. The van der Waals surface area contributed by atoms with E-state index >= 15 is 0 Å². The fourth-order valence-electron chi connectivity index (χ4n) is 7.03. The fourth-order valence-corrected chi connectivity index (χ4v) is 7.03. The van der Waals surface area contributed by atoms with Gasteiger partial charge in [0.1, 0.15) is 12.4 Å². The number of aromatic nitrogens is 2. The third kappa shape index (κ3) is 8.53. The van der Waals surface area contributed by atoms with E-state index in [2.05, 4.69) is 30.9 Å². The summed E-state index contributed by atoms with van der Waals surface area (Å²) >= 11 is 0. The third-order valence-electron chi connectivity index (χ3n) is 9.63. The molecule has 1 saturated heterocycles. The quantitative estimate of drug-likeness (QED) is 0.363. The maximum atomic E-state index is 14.0. The first-order chi connectivity index (χ1) is 21.5. The standard InChI is InChI=1S/C35H55N3O8/c1-13-28-34(8,46-33(41)38-15-14-36-20-38)18-23(4)29(39)24(5)19-35(9,42-12)30(21(2)16-22(3)31(40)44-28)45-32-26(7)27(37(10)11)17-25(6)43-32/h14-16,18,20-21,24-28,30,32H,13,17,19H2,1-12H3/b22-16-,23-18+/t21-,24+,25+,26+,27-,28+,30+,32-,34-,35+/m0/s1. The van der Waals surface area contributed by atoms with E-state index in [1.54, 1.807) is 34.0 Å². The van der Waals surface area contributed by atoms with E-state index in [0.717, 1.165) is 6.42 Å². The maximum Gasteiger partial charge on any atom is 0.420 e. The highest BCUT2D eigenvalue weighted by atomic mass is 16.7. The number of methoxy groups -OCH3 is 1. The molecule has 258 valence electrons. The molecule has 0 saturated carbocycles. The highest BCUT2D eigenvalue weighted by Crippen LogP contribution is 2.38. The summed E-state index contributed by atoms with van der Waals surface area (Å²) in [5.41, 5.74) is -1.64. The zero-order valence-corrected chi connectivity index (χ0v) is 29.7. The smallest absolute Gasteiger partial charge is 0.420 e. The molecule has 0 spiro atoms. The van der Waals surface area contributed by atoms with Crippen molar-refractivity contribution >= 4 is 17.8 Å². The van der Waals surface area contributed by atoms with Crippen LogP contribution in [0.3, 0.4) is 0 Å². The number of allylic oxidation sites excluding steroid dienone is 1. The van der Waals surface area contributed by atoms with Crippen LogP contribution >= 0.6 is 0 Å². The number of cyclic esters (lactones) is 1. The van der Waals surface area contributed by atoms with Crippen molar-refractivity contribution in [3.63, 3.8) is 0 Å². The highest BCUT2D eigenvalue weighted by Gasteiger charge is 2.46. The van der Waals surface area contributed by atoms with E-state index in [9.17, 15) is 14.4 Å². The first-order valence-corrected chi connectivity index (χ1v) is 16.3. The largest absolute Gasteiger partial charge is 0.454 e. The highest BCUT2D eigenvalue weighted by molar-refractivity contribution is 5.96. The Balaban J connectivity index is 2.08. The molecule has 11 heteroatoms. The van der Waals surface area contributed by atoms with Crippen LogP contribution < -0.4 is 0 Å². The van der Waals surface area contributed by atoms with Gasteiger partial charge in [-0.15, -0.1) is 0 Å². The molecule has 0 radical (unpaired) electrons. The van der Waals surface area contributed by atoms with E-state index in [4.69, 9.17) is 23.7 Å². The van der Waals surface area contributed by atoms with E-state index in [0.29, 0.717) is 24.0 Å². The van der Waals surface area contributed by atoms with Gasteiger partial charge in [-0.2, -0.15) is 0 Å². The lowest BCUT2D eigenvalue weighted by Crippen LogP contribution is -2.55. The Hall–Kier alpha value is -2.86. The van der Waals surface area contributed by atoms with Crippen molar-refractivity contribution in [2.75, 3.05) is 21.2 Å². The van der Waals surface area contributed by atoms with E-state index in [1.807, 2.05) is 40.7 Å². The SMILES string of the molecule is CC[C@H]1OC(=O)/C(C)=C\[C@H](C)[C@@H](O[C@@H]2O[C@H](C)C[C@H](N(C)C)[C@H]2C)[C@](C)(OC)C[C@@H](C)C(=O)/C(C)=C/[C@]1(C)OC(=O)n1ccnc1. The minimum absolute atomic E-state index is 0.0140. The summed E-state index contributed by atoms with van der Waals surface area (Å²) in [5, 5.41) is 0. The summed E-state index contributed by atoms with van der Waals surface area (Å²) < 4.78 is 32.6. The topological polar surface area (TPSA) is 118 Å². The van der Waals surface area contributed by atoms with Crippen molar-refractivity contribution in [1.82, 2.24) is 14.5 Å². The van der Waals surface area contributed by atoms with Gasteiger partial charge < -0.3 is 28.6 Å². The molecule has 1 fully saturated rings. The number of hydrogen-bond donors (Lipinski definition) is 0. The summed E-state index contributed by atoms with van der Waals surface area (Å²) in [7, 11) is 5.74. The van der Waals surface area contributed by atoms with Gasteiger partial charge in [-0.1, -0.05) is 33.8 Å². The zero-order chi connectivity index (χ0) is 34.6. The monoisotopic (exact) mass is 645 g/mol. The predicted molar refractivity (Wildman–Crippen MR) is 174 cm³/mol. The second kappa shape index (κ2) is 15.4. The zero-order valence-electron chi connectivity index (χ0n) is 29.7. The van der Waals surface area contributed by atoms with Gasteiger partial charge in [0.05, 0.1) is 17.8 Å². The molecule has 0 amide bonds. The fraction of sp³-hybridized carbons (Fsp3) is 0.714. The van der Waals surface area contributed by atoms with Crippen molar-refractivity contribution in [2.24, 2.45) is 17.8 Å². The average Bonchev–Trinajstić information content (AvgIpc) is 3.54. The molecule has 11 nitrogen and oxygen atoms in total. The molecule has 0 N–H and O–H groups in total. The average molecular weight is 646 g/mol. The Morgan fingerprint density at radius 3 is 2.37 bits per heavy atom. The van der Waals surface area contributed by atoms with Gasteiger partial charge in [-0.25, -0.2) is 19.1 Å². The summed E-state index contributed by atoms with van der Waals surface area (Å²) in [6, 6.07) is 0.250. The molecule has 1 aromatic rings.